The first-order chi connectivity index (χ1) is 12.2. The van der Waals surface area contributed by atoms with Crippen LogP contribution < -0.4 is 10.6 Å². The number of thiazole rings is 1. The number of piperidine rings is 1. The first-order valence-corrected chi connectivity index (χ1v) is 9.18. The fourth-order valence-corrected chi connectivity index (χ4v) is 3.89. The minimum absolute atomic E-state index is 0.0771. The molecule has 2 aromatic heterocycles. The number of hydrogen-bond acceptors (Lipinski definition) is 5. The molecular weight excluding hydrogens is 336 g/mol. The van der Waals surface area contributed by atoms with Crippen LogP contribution in [0.15, 0.2) is 42.0 Å². The van der Waals surface area contributed by atoms with Crippen LogP contribution in [-0.4, -0.2) is 41.1 Å². The Morgan fingerprint density at radius 2 is 2.08 bits per heavy atom. The number of ether oxygens (including phenoxy) is 1. The average molecular weight is 356 g/mol. The van der Waals surface area contributed by atoms with Crippen molar-refractivity contribution in [1.29, 1.82) is 0 Å². The molecule has 1 aliphatic heterocycles. The Balaban J connectivity index is 1.50. The molecule has 0 bridgehead atoms. The molecule has 130 valence electrons. The standard InChI is InChI=1S/C18H20N4O2S/c1-24-18(6-8-19-9-7-18)16(23)20-14-4-2-13(3-5-14)15-12-22-10-11-25-17(22)21-15/h2-5,10-12,19H,6-9H2,1H3,(H,20,23). The predicted octanol–water partition coefficient (Wildman–Crippen LogP) is 2.77. The SMILES string of the molecule is COC1(C(=O)Nc2ccc(-c3cn4ccsc4n3)cc2)CCNCC1. The normalized spacial score (nSPS) is 16.8. The second-order valence-corrected chi connectivity index (χ2v) is 7.07. The Bertz CT molecular complexity index is 850. The third-order valence-corrected chi connectivity index (χ3v) is 5.52. The summed E-state index contributed by atoms with van der Waals surface area (Å²) >= 11 is 1.61. The highest BCUT2D eigenvalue weighted by atomic mass is 32.1. The lowest BCUT2D eigenvalue weighted by molar-refractivity contribution is -0.140. The van der Waals surface area contributed by atoms with Gasteiger partial charge in [0.05, 0.1) is 5.69 Å². The van der Waals surface area contributed by atoms with Gasteiger partial charge in [0.1, 0.15) is 5.60 Å². The van der Waals surface area contributed by atoms with Crippen molar-refractivity contribution in [3.05, 3.63) is 42.0 Å². The highest BCUT2D eigenvalue weighted by Crippen LogP contribution is 2.26. The van der Waals surface area contributed by atoms with Crippen LogP contribution in [0, 0.1) is 0 Å². The summed E-state index contributed by atoms with van der Waals surface area (Å²) in [5, 5.41) is 8.26. The number of methoxy groups -OCH3 is 1. The van der Waals surface area contributed by atoms with Gasteiger partial charge in [0.15, 0.2) is 4.96 Å². The summed E-state index contributed by atoms with van der Waals surface area (Å²) in [7, 11) is 1.61. The number of imidazole rings is 1. The quantitative estimate of drug-likeness (QED) is 0.754. The number of fused-ring (bicyclic) bond motifs is 1. The summed E-state index contributed by atoms with van der Waals surface area (Å²) < 4.78 is 7.58. The number of rotatable bonds is 4. The average Bonchev–Trinajstić information content (AvgIpc) is 3.25. The lowest BCUT2D eigenvalue weighted by Crippen LogP contribution is -2.51. The largest absolute Gasteiger partial charge is 0.368 e. The molecule has 25 heavy (non-hydrogen) atoms. The Kier molecular flexibility index (Phi) is 4.29. The molecule has 7 heteroatoms. The molecule has 0 radical (unpaired) electrons. The maximum absolute atomic E-state index is 12.7. The second kappa shape index (κ2) is 6.59. The van der Waals surface area contributed by atoms with Crippen LogP contribution >= 0.6 is 11.3 Å². The van der Waals surface area contributed by atoms with Crippen molar-refractivity contribution in [2.75, 3.05) is 25.5 Å². The molecule has 0 unspecified atom stereocenters. The molecule has 1 aliphatic rings. The van der Waals surface area contributed by atoms with Gasteiger partial charge >= 0.3 is 0 Å². The number of nitrogens with one attached hydrogen (secondary N) is 2. The first-order valence-electron chi connectivity index (χ1n) is 8.30. The Labute approximate surface area is 149 Å². The van der Waals surface area contributed by atoms with E-state index in [1.54, 1.807) is 18.4 Å². The molecule has 1 fully saturated rings. The van der Waals surface area contributed by atoms with Gasteiger partial charge in [-0.1, -0.05) is 12.1 Å². The van der Waals surface area contributed by atoms with Crippen molar-refractivity contribution in [1.82, 2.24) is 14.7 Å². The van der Waals surface area contributed by atoms with E-state index >= 15 is 0 Å². The van der Waals surface area contributed by atoms with Crippen molar-refractivity contribution in [3.63, 3.8) is 0 Å². The Morgan fingerprint density at radius 1 is 1.32 bits per heavy atom. The zero-order valence-electron chi connectivity index (χ0n) is 14.0. The van der Waals surface area contributed by atoms with E-state index in [1.165, 1.54) is 0 Å². The third kappa shape index (κ3) is 3.06. The van der Waals surface area contributed by atoms with Crippen molar-refractivity contribution in [3.8, 4) is 11.3 Å². The number of hydrogen-bond donors (Lipinski definition) is 2. The molecule has 0 aliphatic carbocycles. The lowest BCUT2D eigenvalue weighted by Gasteiger charge is -2.34. The van der Waals surface area contributed by atoms with Crippen LogP contribution in [0.25, 0.3) is 16.2 Å². The maximum atomic E-state index is 12.7. The number of anilines is 1. The summed E-state index contributed by atoms with van der Waals surface area (Å²) in [4.78, 5) is 18.3. The second-order valence-electron chi connectivity index (χ2n) is 6.20. The van der Waals surface area contributed by atoms with Crippen LogP contribution in [0.1, 0.15) is 12.8 Å². The van der Waals surface area contributed by atoms with E-state index in [-0.39, 0.29) is 5.91 Å². The zero-order valence-corrected chi connectivity index (χ0v) is 14.8. The van der Waals surface area contributed by atoms with Gasteiger partial charge in [0.2, 0.25) is 0 Å². The molecule has 0 spiro atoms. The van der Waals surface area contributed by atoms with E-state index in [0.29, 0.717) is 12.8 Å². The van der Waals surface area contributed by atoms with Crippen LogP contribution in [0.2, 0.25) is 0 Å². The maximum Gasteiger partial charge on any atom is 0.256 e. The highest BCUT2D eigenvalue weighted by Gasteiger charge is 2.39. The van der Waals surface area contributed by atoms with Gasteiger partial charge in [-0.05, 0) is 38.1 Å². The first kappa shape index (κ1) is 16.3. The number of benzene rings is 1. The minimum Gasteiger partial charge on any atom is -0.368 e. The van der Waals surface area contributed by atoms with Gasteiger partial charge in [-0.15, -0.1) is 11.3 Å². The van der Waals surface area contributed by atoms with Gasteiger partial charge in [0, 0.05) is 36.1 Å². The number of carbonyl (C=O) groups excluding carboxylic acids is 1. The molecule has 1 aromatic carbocycles. The van der Waals surface area contributed by atoms with Gasteiger partial charge in [0.25, 0.3) is 5.91 Å². The molecule has 2 N–H and O–H groups in total. The molecule has 0 atom stereocenters. The summed E-state index contributed by atoms with van der Waals surface area (Å²) in [5.41, 5.74) is 1.98. The van der Waals surface area contributed by atoms with Gasteiger partial charge in [-0.2, -0.15) is 0 Å². The lowest BCUT2D eigenvalue weighted by atomic mass is 9.91. The van der Waals surface area contributed by atoms with Gasteiger partial charge in [-0.3, -0.25) is 9.20 Å². The van der Waals surface area contributed by atoms with Crippen LogP contribution in [0.4, 0.5) is 5.69 Å². The van der Waals surface area contributed by atoms with E-state index < -0.39 is 5.60 Å². The smallest absolute Gasteiger partial charge is 0.256 e. The van der Waals surface area contributed by atoms with E-state index in [4.69, 9.17) is 4.74 Å². The molecule has 1 amide bonds. The van der Waals surface area contributed by atoms with Gasteiger partial charge in [-0.25, -0.2) is 4.98 Å². The number of amides is 1. The molecule has 1 saturated heterocycles. The Morgan fingerprint density at radius 3 is 2.76 bits per heavy atom. The van der Waals surface area contributed by atoms with Crippen molar-refractivity contribution in [2.24, 2.45) is 0 Å². The fourth-order valence-electron chi connectivity index (χ4n) is 3.19. The Hall–Kier alpha value is -2.22. The minimum atomic E-state index is -0.738. The fraction of sp³-hybridized carbons (Fsp3) is 0.333. The van der Waals surface area contributed by atoms with Crippen LogP contribution in [-0.2, 0) is 9.53 Å². The predicted molar refractivity (Wildman–Crippen MR) is 99.0 cm³/mol. The summed E-state index contributed by atoms with van der Waals surface area (Å²) in [6.45, 7) is 1.58. The molecule has 3 heterocycles. The molecule has 0 saturated carbocycles. The van der Waals surface area contributed by atoms with Crippen molar-refractivity contribution < 1.29 is 9.53 Å². The van der Waals surface area contributed by atoms with E-state index in [2.05, 4.69) is 15.6 Å². The van der Waals surface area contributed by atoms with Gasteiger partial charge < -0.3 is 15.4 Å². The van der Waals surface area contributed by atoms with Crippen molar-refractivity contribution in [2.45, 2.75) is 18.4 Å². The molecule has 6 nitrogen and oxygen atoms in total. The topological polar surface area (TPSA) is 67.7 Å². The number of aromatic nitrogens is 2. The number of carbonyl (C=O) groups is 1. The van der Waals surface area contributed by atoms with Crippen LogP contribution in [0.3, 0.4) is 0 Å². The number of nitrogens with zero attached hydrogens (tertiary/aromatic N) is 2. The summed E-state index contributed by atoms with van der Waals surface area (Å²) in [6, 6.07) is 7.77. The van der Waals surface area contributed by atoms with E-state index in [9.17, 15) is 4.79 Å². The van der Waals surface area contributed by atoms with Crippen molar-refractivity contribution >= 4 is 27.9 Å². The molecular formula is C18H20N4O2S. The third-order valence-electron chi connectivity index (χ3n) is 4.75. The highest BCUT2D eigenvalue weighted by molar-refractivity contribution is 7.15. The van der Waals surface area contributed by atoms with E-state index in [1.807, 2.05) is 46.4 Å². The monoisotopic (exact) mass is 356 g/mol. The summed E-state index contributed by atoms with van der Waals surface area (Å²) in [5.74, 6) is -0.0771. The van der Waals surface area contributed by atoms with Crippen LogP contribution in [0.5, 0.6) is 0 Å². The zero-order chi connectivity index (χ0) is 17.3. The summed E-state index contributed by atoms with van der Waals surface area (Å²) in [6.07, 6.45) is 5.36. The molecule has 4 rings (SSSR count). The van der Waals surface area contributed by atoms with E-state index in [0.717, 1.165) is 35.0 Å². The molecule has 3 aromatic rings.